The van der Waals surface area contributed by atoms with Crippen LogP contribution in [0.5, 0.6) is 0 Å². The van der Waals surface area contributed by atoms with Crippen LogP contribution in [0.25, 0.3) is 21.7 Å². The molecule has 0 spiro atoms. The molecule has 0 aliphatic heterocycles. The molecule has 25 heavy (non-hydrogen) atoms. The quantitative estimate of drug-likeness (QED) is 0.539. The molecule has 0 saturated carbocycles. The SMILES string of the molecule is CN(C)CCCNC(=O)c1cccc2c1ncc1ccccc12.Cl.Cl. The Hall–Kier alpha value is -1.88. The molecule has 0 radical (unpaired) electrons. The first kappa shape index (κ1) is 21.2. The standard InChI is InChI=1S/C19H21N3O.2ClH/c1-22(2)12-6-11-20-19(23)17-10-5-9-16-15-8-4-3-7-14(15)13-21-18(16)17;;/h3-5,7-10,13H,6,11-12H2,1-2H3,(H,20,23);2*1H. The lowest BCUT2D eigenvalue weighted by atomic mass is 10.0. The summed E-state index contributed by atoms with van der Waals surface area (Å²) in [6.45, 7) is 1.62. The van der Waals surface area contributed by atoms with Crippen molar-refractivity contribution in [2.75, 3.05) is 27.2 Å². The number of nitrogens with one attached hydrogen (secondary N) is 1. The monoisotopic (exact) mass is 379 g/mol. The van der Waals surface area contributed by atoms with Crippen LogP contribution in [0.15, 0.2) is 48.7 Å². The van der Waals surface area contributed by atoms with Gasteiger partial charge in [0, 0.05) is 23.5 Å². The van der Waals surface area contributed by atoms with E-state index in [0.717, 1.165) is 34.6 Å². The van der Waals surface area contributed by atoms with Crippen molar-refractivity contribution < 1.29 is 4.79 Å². The Morgan fingerprint density at radius 2 is 1.76 bits per heavy atom. The fourth-order valence-corrected chi connectivity index (χ4v) is 2.76. The van der Waals surface area contributed by atoms with Crippen LogP contribution in [0, 0.1) is 0 Å². The summed E-state index contributed by atoms with van der Waals surface area (Å²) < 4.78 is 0. The number of aromatic nitrogens is 1. The van der Waals surface area contributed by atoms with Gasteiger partial charge in [-0.1, -0.05) is 36.4 Å². The van der Waals surface area contributed by atoms with Gasteiger partial charge >= 0.3 is 0 Å². The van der Waals surface area contributed by atoms with Crippen LogP contribution in [0.3, 0.4) is 0 Å². The summed E-state index contributed by atoms with van der Waals surface area (Å²) in [6, 6.07) is 13.9. The van der Waals surface area contributed by atoms with Crippen LogP contribution in [0.1, 0.15) is 16.8 Å². The number of pyridine rings is 1. The van der Waals surface area contributed by atoms with Crippen LogP contribution >= 0.6 is 24.8 Å². The van der Waals surface area contributed by atoms with Crippen LogP contribution in [0.2, 0.25) is 0 Å². The molecule has 4 nitrogen and oxygen atoms in total. The van der Waals surface area contributed by atoms with Crippen LogP contribution in [-0.4, -0.2) is 43.0 Å². The number of amides is 1. The van der Waals surface area contributed by atoms with Crippen LogP contribution < -0.4 is 5.32 Å². The van der Waals surface area contributed by atoms with Crippen molar-refractivity contribution in [3.8, 4) is 0 Å². The Morgan fingerprint density at radius 3 is 2.52 bits per heavy atom. The minimum absolute atomic E-state index is 0. The molecule has 0 aliphatic rings. The lowest BCUT2D eigenvalue weighted by Gasteiger charge is -2.11. The summed E-state index contributed by atoms with van der Waals surface area (Å²) in [5, 5.41) is 6.22. The predicted octanol–water partition coefficient (Wildman–Crippen LogP) is 3.91. The average Bonchev–Trinajstić information content (AvgIpc) is 2.57. The normalized spacial score (nSPS) is 10.4. The molecule has 1 heterocycles. The van der Waals surface area contributed by atoms with Gasteiger partial charge < -0.3 is 10.2 Å². The molecule has 3 rings (SSSR count). The van der Waals surface area contributed by atoms with E-state index in [1.165, 1.54) is 0 Å². The van der Waals surface area contributed by atoms with E-state index in [-0.39, 0.29) is 30.7 Å². The van der Waals surface area contributed by atoms with Gasteiger partial charge in [0.05, 0.1) is 11.1 Å². The third kappa shape index (κ3) is 4.82. The van der Waals surface area contributed by atoms with E-state index in [9.17, 15) is 4.79 Å². The highest BCUT2D eigenvalue weighted by atomic mass is 35.5. The molecule has 134 valence electrons. The predicted molar refractivity (Wildman–Crippen MR) is 109 cm³/mol. The zero-order valence-corrected chi connectivity index (χ0v) is 16.0. The summed E-state index contributed by atoms with van der Waals surface area (Å²) in [6.07, 6.45) is 2.76. The van der Waals surface area contributed by atoms with E-state index in [2.05, 4.69) is 21.3 Å². The van der Waals surface area contributed by atoms with Crippen LogP contribution in [0.4, 0.5) is 0 Å². The molecule has 6 heteroatoms. The number of fused-ring (bicyclic) bond motifs is 3. The first-order valence-electron chi connectivity index (χ1n) is 7.86. The number of benzene rings is 2. The number of carbonyl (C=O) groups excluding carboxylic acids is 1. The molecular weight excluding hydrogens is 357 g/mol. The molecule has 0 fully saturated rings. The summed E-state index contributed by atoms with van der Waals surface area (Å²) >= 11 is 0. The fourth-order valence-electron chi connectivity index (χ4n) is 2.76. The Labute approximate surface area is 160 Å². The number of hydrogen-bond donors (Lipinski definition) is 1. The van der Waals surface area contributed by atoms with Gasteiger partial charge in [0.1, 0.15) is 0 Å². The first-order valence-corrected chi connectivity index (χ1v) is 7.86. The number of hydrogen-bond acceptors (Lipinski definition) is 3. The van der Waals surface area contributed by atoms with Gasteiger partial charge in [-0.15, -0.1) is 24.8 Å². The molecule has 0 atom stereocenters. The lowest BCUT2D eigenvalue weighted by Crippen LogP contribution is -2.27. The summed E-state index contributed by atoms with van der Waals surface area (Å²) in [4.78, 5) is 19.1. The van der Waals surface area contributed by atoms with Crippen molar-refractivity contribution in [2.45, 2.75) is 6.42 Å². The second kappa shape index (κ2) is 9.56. The van der Waals surface area contributed by atoms with E-state index in [1.54, 1.807) is 0 Å². The van der Waals surface area contributed by atoms with E-state index < -0.39 is 0 Å². The summed E-state index contributed by atoms with van der Waals surface area (Å²) in [5.74, 6) is -0.0582. The van der Waals surface area contributed by atoms with Crippen molar-refractivity contribution in [1.29, 1.82) is 0 Å². The third-order valence-corrected chi connectivity index (χ3v) is 3.93. The van der Waals surface area contributed by atoms with E-state index in [4.69, 9.17) is 0 Å². The fraction of sp³-hybridized carbons (Fsp3) is 0.263. The molecule has 0 saturated heterocycles. The minimum atomic E-state index is -0.0582. The van der Waals surface area contributed by atoms with E-state index in [1.807, 2.05) is 56.7 Å². The van der Waals surface area contributed by atoms with E-state index in [0.29, 0.717) is 12.1 Å². The second-order valence-electron chi connectivity index (χ2n) is 5.96. The van der Waals surface area contributed by atoms with Gasteiger partial charge in [-0.05, 0) is 38.5 Å². The van der Waals surface area contributed by atoms with Gasteiger partial charge in [0.2, 0.25) is 0 Å². The topological polar surface area (TPSA) is 45.2 Å². The highest BCUT2D eigenvalue weighted by Gasteiger charge is 2.12. The second-order valence-corrected chi connectivity index (χ2v) is 5.96. The zero-order chi connectivity index (χ0) is 16.2. The molecule has 1 N–H and O–H groups in total. The molecule has 1 amide bonds. The van der Waals surface area contributed by atoms with E-state index >= 15 is 0 Å². The molecule has 0 bridgehead atoms. The highest BCUT2D eigenvalue weighted by Crippen LogP contribution is 2.25. The first-order chi connectivity index (χ1) is 11.2. The van der Waals surface area contributed by atoms with Crippen molar-refractivity contribution in [3.05, 3.63) is 54.2 Å². The Morgan fingerprint density at radius 1 is 1.04 bits per heavy atom. The minimum Gasteiger partial charge on any atom is -0.352 e. The molecule has 0 unspecified atom stereocenters. The Kier molecular flexibility index (Phi) is 8.10. The maximum Gasteiger partial charge on any atom is 0.253 e. The Bertz CT molecular complexity index is 852. The molecular formula is C19H23Cl2N3O. The lowest BCUT2D eigenvalue weighted by molar-refractivity contribution is 0.0954. The van der Waals surface area contributed by atoms with Crippen molar-refractivity contribution >= 4 is 52.4 Å². The summed E-state index contributed by atoms with van der Waals surface area (Å²) in [5.41, 5.74) is 1.40. The van der Waals surface area contributed by atoms with Gasteiger partial charge in [-0.3, -0.25) is 9.78 Å². The number of para-hydroxylation sites is 1. The molecule has 2 aromatic carbocycles. The molecule has 0 aliphatic carbocycles. The smallest absolute Gasteiger partial charge is 0.253 e. The van der Waals surface area contributed by atoms with Crippen molar-refractivity contribution in [2.24, 2.45) is 0 Å². The number of nitrogens with zero attached hydrogens (tertiary/aromatic N) is 2. The average molecular weight is 380 g/mol. The van der Waals surface area contributed by atoms with Gasteiger partial charge in [-0.25, -0.2) is 0 Å². The van der Waals surface area contributed by atoms with Crippen LogP contribution in [-0.2, 0) is 0 Å². The maximum absolute atomic E-state index is 12.5. The van der Waals surface area contributed by atoms with Gasteiger partial charge in [-0.2, -0.15) is 0 Å². The zero-order valence-electron chi connectivity index (χ0n) is 14.4. The van der Waals surface area contributed by atoms with Crippen molar-refractivity contribution in [3.63, 3.8) is 0 Å². The summed E-state index contributed by atoms with van der Waals surface area (Å²) in [7, 11) is 4.06. The third-order valence-electron chi connectivity index (χ3n) is 3.93. The van der Waals surface area contributed by atoms with Gasteiger partial charge in [0.25, 0.3) is 5.91 Å². The largest absolute Gasteiger partial charge is 0.352 e. The van der Waals surface area contributed by atoms with Crippen molar-refractivity contribution in [1.82, 2.24) is 15.2 Å². The number of carbonyl (C=O) groups is 1. The number of rotatable bonds is 5. The van der Waals surface area contributed by atoms with Gasteiger partial charge in [0.15, 0.2) is 0 Å². The molecule has 1 aromatic heterocycles. The molecule has 3 aromatic rings. The number of halogens is 2. The Balaban J connectivity index is 0.00000156. The highest BCUT2D eigenvalue weighted by molar-refractivity contribution is 6.13. The maximum atomic E-state index is 12.5.